The lowest BCUT2D eigenvalue weighted by molar-refractivity contribution is -0.153. The third-order valence-corrected chi connectivity index (χ3v) is 3.76. The van der Waals surface area contributed by atoms with Crippen molar-refractivity contribution in [3.63, 3.8) is 0 Å². The van der Waals surface area contributed by atoms with Gasteiger partial charge in [-0.1, -0.05) is 0 Å². The molecule has 0 spiro atoms. The van der Waals surface area contributed by atoms with E-state index in [9.17, 15) is 9.90 Å². The number of carbonyl (C=O) groups is 1. The lowest BCUT2D eigenvalue weighted by Gasteiger charge is -2.44. The maximum Gasteiger partial charge on any atom is 0.324 e. The molecule has 0 radical (unpaired) electrons. The van der Waals surface area contributed by atoms with Crippen molar-refractivity contribution in [1.82, 2.24) is 4.90 Å². The number of piperidine rings is 1. The molecule has 0 amide bonds. The lowest BCUT2D eigenvalue weighted by atomic mass is 9.91. The molecule has 2 rings (SSSR count). The number of aliphatic carboxylic acids is 1. The van der Waals surface area contributed by atoms with E-state index >= 15 is 0 Å². The van der Waals surface area contributed by atoms with E-state index in [0.717, 1.165) is 25.8 Å². The molecular formula is C11H19NO2. The van der Waals surface area contributed by atoms with Gasteiger partial charge in [0.1, 0.15) is 5.54 Å². The van der Waals surface area contributed by atoms with E-state index in [2.05, 4.69) is 25.7 Å². The zero-order valence-corrected chi connectivity index (χ0v) is 9.21. The van der Waals surface area contributed by atoms with E-state index < -0.39 is 11.5 Å². The Labute approximate surface area is 85.1 Å². The second kappa shape index (κ2) is 2.72. The van der Waals surface area contributed by atoms with Crippen molar-refractivity contribution in [3.8, 4) is 0 Å². The van der Waals surface area contributed by atoms with Gasteiger partial charge in [0.2, 0.25) is 0 Å². The van der Waals surface area contributed by atoms with Crippen LogP contribution < -0.4 is 0 Å². The molecule has 2 aliphatic rings. The van der Waals surface area contributed by atoms with Crippen LogP contribution in [0.2, 0.25) is 0 Å². The highest BCUT2D eigenvalue weighted by Crippen LogP contribution is 2.49. The van der Waals surface area contributed by atoms with Gasteiger partial charge >= 0.3 is 5.97 Å². The topological polar surface area (TPSA) is 40.5 Å². The zero-order valence-electron chi connectivity index (χ0n) is 9.21. The fraction of sp³-hybridized carbons (Fsp3) is 0.909. The minimum atomic E-state index is -0.618. The van der Waals surface area contributed by atoms with Gasteiger partial charge in [0.05, 0.1) is 0 Å². The predicted molar refractivity (Wildman–Crippen MR) is 54.2 cm³/mol. The number of carboxylic acid groups (broad SMARTS) is 1. The molecule has 1 aliphatic heterocycles. The SMILES string of the molecule is CC(C)(C)N1CC2CCC1(C(=O)O)C2. The van der Waals surface area contributed by atoms with Crippen molar-refractivity contribution in [2.45, 2.75) is 51.1 Å². The molecule has 2 atom stereocenters. The molecule has 1 N–H and O–H groups in total. The second-order valence-electron chi connectivity index (χ2n) is 5.73. The minimum absolute atomic E-state index is 0.0203. The Morgan fingerprint density at radius 3 is 2.50 bits per heavy atom. The number of carboxylic acids is 1. The molecule has 1 heterocycles. The number of fused-ring (bicyclic) bond motifs is 2. The van der Waals surface area contributed by atoms with Gasteiger partial charge in [-0.2, -0.15) is 0 Å². The van der Waals surface area contributed by atoms with Gasteiger partial charge in [0.15, 0.2) is 0 Å². The first-order chi connectivity index (χ1) is 6.36. The Bertz CT molecular complexity index is 269. The molecule has 0 aromatic carbocycles. The van der Waals surface area contributed by atoms with Crippen molar-refractivity contribution < 1.29 is 9.90 Å². The number of hydrogen-bond acceptors (Lipinski definition) is 2. The summed E-state index contributed by atoms with van der Waals surface area (Å²) in [4.78, 5) is 13.6. The van der Waals surface area contributed by atoms with Crippen molar-refractivity contribution in [1.29, 1.82) is 0 Å². The third-order valence-electron chi connectivity index (χ3n) is 3.76. The van der Waals surface area contributed by atoms with E-state index in [1.54, 1.807) is 0 Å². The Balaban J connectivity index is 2.33. The van der Waals surface area contributed by atoms with E-state index in [1.807, 2.05) is 0 Å². The number of nitrogens with zero attached hydrogens (tertiary/aromatic N) is 1. The summed E-state index contributed by atoms with van der Waals surface area (Å²) in [6.07, 6.45) is 2.79. The van der Waals surface area contributed by atoms with Crippen molar-refractivity contribution >= 4 is 5.97 Å². The Hall–Kier alpha value is -0.570. The van der Waals surface area contributed by atoms with Crippen molar-refractivity contribution in [2.75, 3.05) is 6.54 Å². The van der Waals surface area contributed by atoms with Crippen LogP contribution in [-0.2, 0) is 4.79 Å². The van der Waals surface area contributed by atoms with Gasteiger partial charge in [-0.05, 0) is 46.0 Å². The summed E-state index contributed by atoms with van der Waals surface area (Å²) in [5.41, 5.74) is -0.559. The Morgan fingerprint density at radius 1 is 1.50 bits per heavy atom. The summed E-state index contributed by atoms with van der Waals surface area (Å²) < 4.78 is 0. The van der Waals surface area contributed by atoms with Crippen molar-refractivity contribution in [3.05, 3.63) is 0 Å². The normalized spacial score (nSPS) is 37.8. The van der Waals surface area contributed by atoms with E-state index in [4.69, 9.17) is 0 Å². The second-order valence-corrected chi connectivity index (χ2v) is 5.73. The van der Waals surface area contributed by atoms with Crippen LogP contribution in [-0.4, -0.2) is 33.6 Å². The first kappa shape index (κ1) is 9.97. The molecule has 1 saturated heterocycles. The average Bonchev–Trinajstić information content (AvgIpc) is 2.59. The summed E-state index contributed by atoms with van der Waals surface area (Å²) >= 11 is 0. The monoisotopic (exact) mass is 197 g/mol. The molecule has 1 aliphatic carbocycles. The minimum Gasteiger partial charge on any atom is -0.480 e. The fourth-order valence-electron chi connectivity index (χ4n) is 3.18. The molecule has 80 valence electrons. The summed E-state index contributed by atoms with van der Waals surface area (Å²) in [5.74, 6) is -0.00208. The molecule has 0 aromatic rings. The quantitative estimate of drug-likeness (QED) is 0.696. The van der Waals surface area contributed by atoms with Crippen LogP contribution in [0.1, 0.15) is 40.0 Å². The maximum atomic E-state index is 11.4. The van der Waals surface area contributed by atoms with Crippen LogP contribution in [0.15, 0.2) is 0 Å². The standard InChI is InChI=1S/C11H19NO2/c1-10(2,3)12-7-8-4-5-11(12,6-8)9(13)14/h8H,4-7H2,1-3H3,(H,13,14). The molecule has 3 nitrogen and oxygen atoms in total. The highest BCUT2D eigenvalue weighted by molar-refractivity contribution is 5.80. The third kappa shape index (κ3) is 1.18. The Kier molecular flexibility index (Phi) is 1.94. The smallest absolute Gasteiger partial charge is 0.324 e. The number of rotatable bonds is 1. The van der Waals surface area contributed by atoms with Crippen LogP contribution in [0.25, 0.3) is 0 Å². The summed E-state index contributed by atoms with van der Waals surface area (Å²) in [6.45, 7) is 7.30. The molecule has 0 aromatic heterocycles. The molecule has 1 saturated carbocycles. The maximum absolute atomic E-state index is 11.4. The summed E-state index contributed by atoms with van der Waals surface area (Å²) in [5, 5.41) is 9.38. The lowest BCUT2D eigenvalue weighted by Crippen LogP contribution is -2.58. The molecule has 14 heavy (non-hydrogen) atoms. The zero-order chi connectivity index (χ0) is 10.6. The van der Waals surface area contributed by atoms with E-state index in [1.165, 1.54) is 0 Å². The molecule has 2 bridgehead atoms. The molecular weight excluding hydrogens is 178 g/mol. The van der Waals surface area contributed by atoms with Gasteiger partial charge in [-0.3, -0.25) is 9.69 Å². The van der Waals surface area contributed by atoms with Gasteiger partial charge in [0, 0.05) is 12.1 Å². The average molecular weight is 197 g/mol. The van der Waals surface area contributed by atoms with Gasteiger partial charge in [0.25, 0.3) is 0 Å². The molecule has 2 unspecified atom stereocenters. The van der Waals surface area contributed by atoms with Gasteiger partial charge in [-0.25, -0.2) is 0 Å². The summed E-state index contributed by atoms with van der Waals surface area (Å²) in [6, 6.07) is 0. The Morgan fingerprint density at radius 2 is 2.14 bits per heavy atom. The van der Waals surface area contributed by atoms with E-state index in [-0.39, 0.29) is 5.54 Å². The van der Waals surface area contributed by atoms with E-state index in [0.29, 0.717) is 5.92 Å². The van der Waals surface area contributed by atoms with Crippen LogP contribution in [0.5, 0.6) is 0 Å². The van der Waals surface area contributed by atoms with Crippen molar-refractivity contribution in [2.24, 2.45) is 5.92 Å². The first-order valence-electron chi connectivity index (χ1n) is 5.37. The first-order valence-corrected chi connectivity index (χ1v) is 5.37. The number of hydrogen-bond donors (Lipinski definition) is 1. The predicted octanol–water partition coefficient (Wildman–Crippen LogP) is 1.72. The fourth-order valence-corrected chi connectivity index (χ4v) is 3.18. The van der Waals surface area contributed by atoms with Crippen LogP contribution in [0, 0.1) is 5.92 Å². The largest absolute Gasteiger partial charge is 0.480 e. The van der Waals surface area contributed by atoms with Gasteiger partial charge in [-0.15, -0.1) is 0 Å². The number of likely N-dealkylation sites (tertiary alicyclic amines) is 1. The van der Waals surface area contributed by atoms with Gasteiger partial charge < -0.3 is 5.11 Å². The van der Waals surface area contributed by atoms with Crippen LogP contribution >= 0.6 is 0 Å². The highest BCUT2D eigenvalue weighted by atomic mass is 16.4. The summed E-state index contributed by atoms with van der Waals surface area (Å²) in [7, 11) is 0. The molecule has 2 fully saturated rings. The van der Waals surface area contributed by atoms with Crippen LogP contribution in [0.3, 0.4) is 0 Å². The van der Waals surface area contributed by atoms with Crippen LogP contribution in [0.4, 0.5) is 0 Å². The highest BCUT2D eigenvalue weighted by Gasteiger charge is 2.58. The molecule has 3 heteroatoms.